The summed E-state index contributed by atoms with van der Waals surface area (Å²) < 4.78 is 33.0. The van der Waals surface area contributed by atoms with Crippen molar-refractivity contribution < 1.29 is 18.3 Å². The lowest BCUT2D eigenvalue weighted by atomic mass is 9.93. The molecule has 1 saturated heterocycles. The summed E-state index contributed by atoms with van der Waals surface area (Å²) >= 11 is 5.91. The molecule has 5 nitrogen and oxygen atoms in total. The highest BCUT2D eigenvalue weighted by molar-refractivity contribution is 6.28. The Balaban J connectivity index is 1.55. The maximum Gasteiger partial charge on any atom is 0.305 e. The van der Waals surface area contributed by atoms with Crippen molar-refractivity contribution in [2.45, 2.75) is 31.6 Å². The lowest BCUT2D eigenvalue weighted by Crippen LogP contribution is -2.31. The molecule has 1 aliphatic heterocycles. The fourth-order valence-corrected chi connectivity index (χ4v) is 4.41. The lowest BCUT2D eigenvalue weighted by Gasteiger charge is -2.29. The summed E-state index contributed by atoms with van der Waals surface area (Å²) in [6.45, 7) is 1.44. The van der Waals surface area contributed by atoms with E-state index in [1.54, 1.807) is 0 Å². The van der Waals surface area contributed by atoms with Crippen molar-refractivity contribution in [2.24, 2.45) is 17.8 Å². The van der Waals surface area contributed by atoms with Crippen molar-refractivity contribution in [3.05, 3.63) is 16.5 Å². The Morgan fingerprint density at radius 3 is 2.75 bits per heavy atom. The van der Waals surface area contributed by atoms with Crippen molar-refractivity contribution in [3.8, 4) is 0 Å². The summed E-state index contributed by atoms with van der Waals surface area (Å²) in [5.41, 5.74) is 0.317. The molecule has 2 heterocycles. The first kappa shape index (κ1) is 16.0. The number of carbonyl (C=O) groups is 1. The summed E-state index contributed by atoms with van der Waals surface area (Å²) in [5.74, 6) is -1.44. The normalized spacial score (nSPS) is 29.8. The van der Waals surface area contributed by atoms with Crippen molar-refractivity contribution >= 4 is 23.4 Å². The molecule has 8 heteroatoms. The van der Waals surface area contributed by atoms with Crippen LogP contribution in [0.5, 0.6) is 0 Å². The lowest BCUT2D eigenvalue weighted by molar-refractivity contribution is -0.141. The molecule has 0 unspecified atom stereocenters. The monoisotopic (exact) mass is 357 g/mol. The number of hydrogen-bond acceptors (Lipinski definition) is 5. The summed E-state index contributed by atoms with van der Waals surface area (Å²) in [7, 11) is 1.39. The summed E-state index contributed by atoms with van der Waals surface area (Å²) in [4.78, 5) is 21.5. The van der Waals surface area contributed by atoms with Crippen LogP contribution in [0.4, 0.5) is 14.6 Å². The van der Waals surface area contributed by atoms with E-state index in [2.05, 4.69) is 9.97 Å². The molecule has 0 N–H and O–H groups in total. The SMILES string of the molecule is COC(=O)C[C@H]1[C@H]2CN(c3nc(Cl)nc4c3CCCC4(F)F)C[C@@H]12. The Morgan fingerprint density at radius 2 is 2.08 bits per heavy atom. The molecule has 0 radical (unpaired) electrons. The van der Waals surface area contributed by atoms with Crippen molar-refractivity contribution in [2.75, 3.05) is 25.1 Å². The number of esters is 1. The molecule has 2 aliphatic carbocycles. The van der Waals surface area contributed by atoms with Crippen LogP contribution in [0.15, 0.2) is 0 Å². The van der Waals surface area contributed by atoms with Crippen LogP contribution in [-0.2, 0) is 21.9 Å². The number of halogens is 3. The molecule has 2 fully saturated rings. The third-order valence-electron chi connectivity index (χ3n) is 5.52. The van der Waals surface area contributed by atoms with E-state index in [0.717, 1.165) is 13.1 Å². The highest BCUT2D eigenvalue weighted by Crippen LogP contribution is 2.55. The molecule has 3 aliphatic rings. The van der Waals surface area contributed by atoms with Crippen LogP contribution in [0.1, 0.15) is 30.5 Å². The number of methoxy groups -OCH3 is 1. The third-order valence-corrected chi connectivity index (χ3v) is 5.69. The fraction of sp³-hybridized carbons (Fsp3) is 0.688. The second-order valence-corrected chi connectivity index (χ2v) is 7.22. The van der Waals surface area contributed by atoms with E-state index < -0.39 is 5.92 Å². The third kappa shape index (κ3) is 2.53. The van der Waals surface area contributed by atoms with E-state index in [1.807, 2.05) is 4.90 Å². The molecule has 0 bridgehead atoms. The number of ether oxygens (including phenoxy) is 1. The molecule has 0 spiro atoms. The predicted octanol–water partition coefficient (Wildman–Crippen LogP) is 2.80. The summed E-state index contributed by atoms with van der Waals surface area (Å²) in [5, 5.41) is -0.128. The first-order valence-electron chi connectivity index (χ1n) is 8.17. The molecule has 4 rings (SSSR count). The number of alkyl halides is 2. The number of anilines is 1. The zero-order chi connectivity index (χ0) is 17.1. The maximum absolute atomic E-state index is 14.2. The van der Waals surface area contributed by atoms with Crippen LogP contribution < -0.4 is 4.90 Å². The molecule has 1 aromatic heterocycles. The Bertz CT molecular complexity index is 688. The van der Waals surface area contributed by atoms with Gasteiger partial charge in [-0.05, 0) is 42.2 Å². The number of carbonyl (C=O) groups excluding carboxylic acids is 1. The topological polar surface area (TPSA) is 55.3 Å². The zero-order valence-corrected chi connectivity index (χ0v) is 14.0. The highest BCUT2D eigenvalue weighted by atomic mass is 35.5. The maximum atomic E-state index is 14.2. The van der Waals surface area contributed by atoms with E-state index >= 15 is 0 Å². The minimum atomic E-state index is -2.94. The van der Waals surface area contributed by atoms with Crippen LogP contribution in [-0.4, -0.2) is 36.1 Å². The summed E-state index contributed by atoms with van der Waals surface area (Å²) in [6, 6.07) is 0. The fourth-order valence-electron chi connectivity index (χ4n) is 4.25. The minimum Gasteiger partial charge on any atom is -0.469 e. The van der Waals surface area contributed by atoms with Gasteiger partial charge < -0.3 is 9.64 Å². The molecule has 24 heavy (non-hydrogen) atoms. The molecule has 0 amide bonds. The molecular weight excluding hydrogens is 340 g/mol. The van der Waals surface area contributed by atoms with Gasteiger partial charge in [-0.3, -0.25) is 4.79 Å². The van der Waals surface area contributed by atoms with E-state index in [4.69, 9.17) is 16.3 Å². The minimum absolute atomic E-state index is 0.128. The van der Waals surface area contributed by atoms with Gasteiger partial charge in [0.1, 0.15) is 11.5 Å². The van der Waals surface area contributed by atoms with Gasteiger partial charge in [0.15, 0.2) is 0 Å². The van der Waals surface area contributed by atoms with Gasteiger partial charge in [0.25, 0.3) is 5.92 Å². The number of hydrogen-bond donors (Lipinski definition) is 0. The molecule has 130 valence electrons. The molecular formula is C16H18ClF2N3O2. The largest absolute Gasteiger partial charge is 0.469 e. The molecule has 1 aromatic rings. The van der Waals surface area contributed by atoms with Gasteiger partial charge in [0, 0.05) is 31.5 Å². The number of aromatic nitrogens is 2. The Hall–Kier alpha value is -1.50. The Labute approximate surface area is 143 Å². The van der Waals surface area contributed by atoms with E-state index in [-0.39, 0.29) is 23.4 Å². The highest BCUT2D eigenvalue weighted by Gasteiger charge is 2.57. The van der Waals surface area contributed by atoms with Gasteiger partial charge in [-0.15, -0.1) is 0 Å². The first-order valence-corrected chi connectivity index (χ1v) is 8.55. The smallest absolute Gasteiger partial charge is 0.305 e. The number of rotatable bonds is 3. The van der Waals surface area contributed by atoms with Gasteiger partial charge in [-0.2, -0.15) is 8.78 Å². The van der Waals surface area contributed by atoms with Crippen molar-refractivity contribution in [3.63, 3.8) is 0 Å². The van der Waals surface area contributed by atoms with Gasteiger partial charge in [-0.25, -0.2) is 9.97 Å². The second-order valence-electron chi connectivity index (χ2n) is 6.88. The van der Waals surface area contributed by atoms with E-state index in [1.165, 1.54) is 7.11 Å². The van der Waals surface area contributed by atoms with Crippen molar-refractivity contribution in [1.29, 1.82) is 0 Å². The van der Waals surface area contributed by atoms with E-state index in [9.17, 15) is 13.6 Å². The average molecular weight is 358 g/mol. The van der Waals surface area contributed by atoms with Crippen LogP contribution in [0.3, 0.4) is 0 Å². The standard InChI is InChI=1S/C16H18ClF2N3O2/c1-24-12(23)5-9-10-6-22(7-11(9)10)14-8-3-2-4-16(18,19)13(8)20-15(17)21-14/h9-11H,2-7H2,1H3/t9-,10+,11-. The number of nitrogens with zero attached hydrogens (tertiary/aromatic N) is 3. The van der Waals surface area contributed by atoms with Gasteiger partial charge in [0.05, 0.1) is 7.11 Å². The number of piperidine rings is 1. The van der Waals surface area contributed by atoms with Gasteiger partial charge >= 0.3 is 5.97 Å². The Morgan fingerprint density at radius 1 is 1.38 bits per heavy atom. The molecule has 1 saturated carbocycles. The van der Waals surface area contributed by atoms with Crippen LogP contribution in [0.25, 0.3) is 0 Å². The number of fused-ring (bicyclic) bond motifs is 2. The summed E-state index contributed by atoms with van der Waals surface area (Å²) in [6.07, 6.45) is 1.21. The Kier molecular flexibility index (Phi) is 3.67. The average Bonchev–Trinajstić information content (AvgIpc) is 2.97. The van der Waals surface area contributed by atoms with Gasteiger partial charge in [0.2, 0.25) is 5.28 Å². The first-order chi connectivity index (χ1) is 11.4. The second kappa shape index (κ2) is 5.51. The molecule has 3 atom stereocenters. The van der Waals surface area contributed by atoms with Crippen LogP contribution in [0.2, 0.25) is 5.28 Å². The molecule has 0 aromatic carbocycles. The van der Waals surface area contributed by atoms with Gasteiger partial charge in [-0.1, -0.05) is 0 Å². The van der Waals surface area contributed by atoms with Crippen LogP contribution in [0, 0.1) is 17.8 Å². The quantitative estimate of drug-likeness (QED) is 0.615. The van der Waals surface area contributed by atoms with E-state index in [0.29, 0.717) is 48.4 Å². The zero-order valence-electron chi connectivity index (χ0n) is 13.3. The van der Waals surface area contributed by atoms with Crippen molar-refractivity contribution in [1.82, 2.24) is 9.97 Å². The van der Waals surface area contributed by atoms with Crippen LogP contribution >= 0.6 is 11.6 Å². The predicted molar refractivity (Wildman–Crippen MR) is 83.2 cm³/mol.